The summed E-state index contributed by atoms with van der Waals surface area (Å²) >= 11 is 1.66. The first-order valence-electron chi connectivity index (χ1n) is 7.09. The third kappa shape index (κ3) is 2.02. The maximum Gasteiger partial charge on any atom is 0.151 e. The van der Waals surface area contributed by atoms with Gasteiger partial charge >= 0.3 is 0 Å². The maximum absolute atomic E-state index is 11.4. The van der Waals surface area contributed by atoms with Crippen molar-refractivity contribution in [2.75, 3.05) is 4.90 Å². The number of anilines is 3. The number of carbonyl (C=O) groups excluding carboxylic acids is 1. The molecule has 22 heavy (non-hydrogen) atoms. The molecule has 0 atom stereocenters. The lowest BCUT2D eigenvalue weighted by molar-refractivity contribution is 0.112. The summed E-state index contributed by atoms with van der Waals surface area (Å²) in [5.41, 5.74) is 4.03. The van der Waals surface area contributed by atoms with E-state index < -0.39 is 0 Å². The number of rotatable bonds is 2. The average molecular weight is 303 g/mol. The molecule has 4 rings (SSSR count). The van der Waals surface area contributed by atoms with Gasteiger partial charge in [-0.05, 0) is 30.3 Å². The number of benzene rings is 3. The Morgan fingerprint density at radius 2 is 1.50 bits per heavy atom. The molecule has 1 aliphatic rings. The van der Waals surface area contributed by atoms with Crippen molar-refractivity contribution in [2.45, 2.75) is 9.79 Å². The van der Waals surface area contributed by atoms with Gasteiger partial charge in [0.25, 0.3) is 0 Å². The Morgan fingerprint density at radius 1 is 0.773 bits per heavy atom. The van der Waals surface area contributed by atoms with E-state index in [1.165, 1.54) is 0 Å². The lowest BCUT2D eigenvalue weighted by Crippen LogP contribution is -2.15. The SMILES string of the molecule is O=Cc1cccc2c1Sc1ccccc1N2c1ccccc1. The van der Waals surface area contributed by atoms with E-state index >= 15 is 0 Å². The first-order valence-corrected chi connectivity index (χ1v) is 7.90. The Kier molecular flexibility index (Phi) is 3.20. The molecule has 0 saturated carbocycles. The van der Waals surface area contributed by atoms with Gasteiger partial charge in [0.1, 0.15) is 0 Å². The molecule has 0 aromatic heterocycles. The van der Waals surface area contributed by atoms with Gasteiger partial charge in [-0.3, -0.25) is 4.79 Å². The van der Waals surface area contributed by atoms with Crippen molar-refractivity contribution in [3.8, 4) is 0 Å². The van der Waals surface area contributed by atoms with E-state index in [1.807, 2.05) is 42.5 Å². The summed E-state index contributed by atoms with van der Waals surface area (Å²) in [6, 6.07) is 24.4. The minimum absolute atomic E-state index is 0.734. The van der Waals surface area contributed by atoms with Crippen LogP contribution in [0.15, 0.2) is 82.6 Å². The van der Waals surface area contributed by atoms with Crippen LogP contribution in [-0.2, 0) is 0 Å². The number of para-hydroxylation sites is 2. The summed E-state index contributed by atoms with van der Waals surface area (Å²) in [6.45, 7) is 0. The largest absolute Gasteiger partial charge is 0.308 e. The lowest BCUT2D eigenvalue weighted by atomic mass is 10.1. The Bertz CT molecular complexity index is 845. The standard InChI is InChI=1S/C19H13NOS/c21-13-14-7-6-11-17-19(14)22-18-12-5-4-10-16(18)20(17)15-8-2-1-3-9-15/h1-13H. The average Bonchev–Trinajstić information content (AvgIpc) is 2.60. The molecule has 0 unspecified atom stereocenters. The zero-order chi connectivity index (χ0) is 14.9. The number of nitrogens with zero attached hydrogens (tertiary/aromatic N) is 1. The fourth-order valence-corrected chi connectivity index (χ4v) is 3.87. The topological polar surface area (TPSA) is 20.3 Å². The number of carbonyl (C=O) groups is 1. The Balaban J connectivity index is 2.00. The molecule has 3 heteroatoms. The van der Waals surface area contributed by atoms with Crippen molar-refractivity contribution in [1.29, 1.82) is 0 Å². The smallest absolute Gasteiger partial charge is 0.151 e. The summed E-state index contributed by atoms with van der Waals surface area (Å²) in [7, 11) is 0. The van der Waals surface area contributed by atoms with E-state index in [2.05, 4.69) is 35.2 Å². The quantitative estimate of drug-likeness (QED) is 0.460. The highest BCUT2D eigenvalue weighted by molar-refractivity contribution is 7.99. The van der Waals surface area contributed by atoms with Crippen molar-refractivity contribution in [1.82, 2.24) is 0 Å². The van der Waals surface area contributed by atoms with Crippen molar-refractivity contribution >= 4 is 35.1 Å². The minimum Gasteiger partial charge on any atom is -0.308 e. The maximum atomic E-state index is 11.4. The van der Waals surface area contributed by atoms with Gasteiger partial charge in [0.05, 0.1) is 11.4 Å². The number of aldehydes is 1. The summed E-state index contributed by atoms with van der Waals surface area (Å²) in [5, 5.41) is 0. The molecule has 2 nitrogen and oxygen atoms in total. The van der Waals surface area contributed by atoms with Crippen LogP contribution < -0.4 is 4.90 Å². The van der Waals surface area contributed by atoms with Crippen LogP contribution in [0.25, 0.3) is 0 Å². The number of fused-ring (bicyclic) bond motifs is 2. The van der Waals surface area contributed by atoms with Gasteiger partial charge < -0.3 is 4.90 Å². The molecule has 0 bridgehead atoms. The molecule has 1 heterocycles. The second-order valence-corrected chi connectivity index (χ2v) is 6.11. The van der Waals surface area contributed by atoms with Crippen LogP contribution in [0.5, 0.6) is 0 Å². The second-order valence-electron chi connectivity index (χ2n) is 5.05. The Morgan fingerprint density at radius 3 is 2.32 bits per heavy atom. The molecule has 0 saturated heterocycles. The highest BCUT2D eigenvalue weighted by atomic mass is 32.2. The van der Waals surface area contributed by atoms with Crippen LogP contribution in [0, 0.1) is 0 Å². The molecule has 0 radical (unpaired) electrons. The molecule has 106 valence electrons. The number of hydrogen-bond acceptors (Lipinski definition) is 3. The van der Waals surface area contributed by atoms with E-state index in [0.29, 0.717) is 0 Å². The first-order chi connectivity index (χ1) is 10.9. The molecule has 0 fully saturated rings. The Labute approximate surface area is 133 Å². The monoisotopic (exact) mass is 303 g/mol. The predicted octanol–water partition coefficient (Wildman–Crippen LogP) is 5.43. The van der Waals surface area contributed by atoms with E-state index in [9.17, 15) is 4.79 Å². The zero-order valence-corrected chi connectivity index (χ0v) is 12.6. The summed E-state index contributed by atoms with van der Waals surface area (Å²) in [4.78, 5) is 15.8. The van der Waals surface area contributed by atoms with Gasteiger partial charge in [0, 0.05) is 21.0 Å². The van der Waals surface area contributed by atoms with Crippen LogP contribution in [0.2, 0.25) is 0 Å². The lowest BCUT2D eigenvalue weighted by Gasteiger charge is -2.33. The molecular weight excluding hydrogens is 290 g/mol. The van der Waals surface area contributed by atoms with Crippen molar-refractivity contribution < 1.29 is 4.79 Å². The number of hydrogen-bond donors (Lipinski definition) is 0. The fourth-order valence-electron chi connectivity index (χ4n) is 2.75. The zero-order valence-electron chi connectivity index (χ0n) is 11.8. The van der Waals surface area contributed by atoms with Crippen LogP contribution >= 0.6 is 11.8 Å². The van der Waals surface area contributed by atoms with E-state index in [-0.39, 0.29) is 0 Å². The van der Waals surface area contributed by atoms with Crippen LogP contribution in [0.1, 0.15) is 10.4 Å². The van der Waals surface area contributed by atoms with Crippen LogP contribution in [0.3, 0.4) is 0 Å². The van der Waals surface area contributed by atoms with Crippen molar-refractivity contribution in [3.63, 3.8) is 0 Å². The van der Waals surface area contributed by atoms with Crippen molar-refractivity contribution in [2.24, 2.45) is 0 Å². The second kappa shape index (κ2) is 5.35. The van der Waals surface area contributed by atoms with Crippen LogP contribution in [-0.4, -0.2) is 6.29 Å². The summed E-state index contributed by atoms with van der Waals surface area (Å²) in [6.07, 6.45) is 0.933. The molecular formula is C19H13NOS. The fraction of sp³-hybridized carbons (Fsp3) is 0. The van der Waals surface area contributed by atoms with E-state index in [1.54, 1.807) is 11.8 Å². The molecule has 3 aromatic rings. The summed E-state index contributed by atoms with van der Waals surface area (Å²) < 4.78 is 0. The summed E-state index contributed by atoms with van der Waals surface area (Å²) in [5.74, 6) is 0. The van der Waals surface area contributed by atoms with Gasteiger partial charge in [-0.1, -0.05) is 54.2 Å². The van der Waals surface area contributed by atoms with Crippen LogP contribution in [0.4, 0.5) is 17.1 Å². The van der Waals surface area contributed by atoms with Crippen molar-refractivity contribution in [3.05, 3.63) is 78.4 Å². The first kappa shape index (κ1) is 13.2. The molecule has 1 aliphatic heterocycles. The minimum atomic E-state index is 0.734. The van der Waals surface area contributed by atoms with Gasteiger partial charge in [0.2, 0.25) is 0 Å². The normalized spacial score (nSPS) is 12.5. The predicted molar refractivity (Wildman–Crippen MR) is 90.6 cm³/mol. The van der Waals surface area contributed by atoms with Gasteiger partial charge in [-0.25, -0.2) is 0 Å². The molecule has 0 N–H and O–H groups in total. The van der Waals surface area contributed by atoms with E-state index in [0.717, 1.165) is 38.7 Å². The highest BCUT2D eigenvalue weighted by Crippen LogP contribution is 2.51. The highest BCUT2D eigenvalue weighted by Gasteiger charge is 2.25. The molecule has 0 spiro atoms. The molecule has 0 aliphatic carbocycles. The van der Waals surface area contributed by atoms with Gasteiger partial charge in [-0.15, -0.1) is 0 Å². The van der Waals surface area contributed by atoms with Gasteiger partial charge in [-0.2, -0.15) is 0 Å². The molecule has 0 amide bonds. The van der Waals surface area contributed by atoms with Gasteiger partial charge in [0.15, 0.2) is 6.29 Å². The third-order valence-electron chi connectivity index (χ3n) is 3.73. The van der Waals surface area contributed by atoms with E-state index in [4.69, 9.17) is 0 Å². The molecule has 3 aromatic carbocycles. The Hall–Kier alpha value is -2.52. The third-order valence-corrected chi connectivity index (χ3v) is 4.94.